The molecule has 3 nitrogen and oxygen atoms in total. The Hall–Kier alpha value is -0.930. The largest absolute Gasteiger partial charge is 0.398 e. The van der Waals surface area contributed by atoms with Crippen molar-refractivity contribution < 1.29 is 0 Å². The Labute approximate surface area is 102 Å². The van der Waals surface area contributed by atoms with E-state index in [2.05, 4.69) is 16.7 Å². The third-order valence-electron chi connectivity index (χ3n) is 3.17. The van der Waals surface area contributed by atoms with Gasteiger partial charge in [0, 0.05) is 31.9 Å². The number of nitrogens with two attached hydrogens (primary N) is 1. The zero-order valence-electron chi connectivity index (χ0n) is 9.62. The summed E-state index contributed by atoms with van der Waals surface area (Å²) in [6.45, 7) is 7.71. The van der Waals surface area contributed by atoms with Gasteiger partial charge in [0.05, 0.1) is 10.7 Å². The molecule has 0 unspecified atom stereocenters. The van der Waals surface area contributed by atoms with Crippen LogP contribution in [-0.2, 0) is 0 Å². The maximum absolute atomic E-state index is 6.03. The number of halogens is 1. The zero-order valence-corrected chi connectivity index (χ0v) is 10.4. The van der Waals surface area contributed by atoms with Crippen LogP contribution in [-0.4, -0.2) is 37.6 Å². The Bertz CT molecular complexity index is 359. The van der Waals surface area contributed by atoms with Crippen molar-refractivity contribution in [2.45, 2.75) is 6.92 Å². The lowest BCUT2D eigenvalue weighted by Gasteiger charge is -2.35. The molecule has 0 atom stereocenters. The van der Waals surface area contributed by atoms with Crippen molar-refractivity contribution >= 4 is 23.0 Å². The van der Waals surface area contributed by atoms with Crippen LogP contribution in [0.5, 0.6) is 0 Å². The fourth-order valence-corrected chi connectivity index (χ4v) is 2.21. The van der Waals surface area contributed by atoms with E-state index in [9.17, 15) is 0 Å². The van der Waals surface area contributed by atoms with Crippen LogP contribution in [0.2, 0.25) is 5.02 Å². The topological polar surface area (TPSA) is 32.5 Å². The molecule has 1 heterocycles. The minimum atomic E-state index is 0.649. The molecule has 0 amide bonds. The van der Waals surface area contributed by atoms with E-state index in [4.69, 9.17) is 17.3 Å². The summed E-state index contributed by atoms with van der Waals surface area (Å²) in [4.78, 5) is 4.81. The van der Waals surface area contributed by atoms with Gasteiger partial charge in [0.2, 0.25) is 0 Å². The molecule has 1 aromatic carbocycles. The molecule has 0 spiro atoms. The van der Waals surface area contributed by atoms with Crippen LogP contribution < -0.4 is 10.6 Å². The minimum Gasteiger partial charge on any atom is -0.398 e. The van der Waals surface area contributed by atoms with Gasteiger partial charge in [-0.25, -0.2) is 0 Å². The number of hydrogen-bond acceptors (Lipinski definition) is 3. The first-order valence-corrected chi connectivity index (χ1v) is 6.11. The molecule has 0 aromatic heterocycles. The van der Waals surface area contributed by atoms with Gasteiger partial charge >= 0.3 is 0 Å². The van der Waals surface area contributed by atoms with E-state index < -0.39 is 0 Å². The van der Waals surface area contributed by atoms with E-state index in [1.807, 2.05) is 18.2 Å². The molecule has 2 rings (SSSR count). The fourth-order valence-electron chi connectivity index (χ4n) is 2.04. The van der Waals surface area contributed by atoms with Gasteiger partial charge in [0.15, 0.2) is 0 Å². The number of likely N-dealkylation sites (N-methyl/N-ethyl adjacent to an activating group) is 1. The van der Waals surface area contributed by atoms with E-state index in [-0.39, 0.29) is 0 Å². The maximum Gasteiger partial charge on any atom is 0.0656 e. The molecular weight excluding hydrogens is 222 g/mol. The summed E-state index contributed by atoms with van der Waals surface area (Å²) >= 11 is 6.03. The third-order valence-corrected chi connectivity index (χ3v) is 3.50. The standard InChI is InChI=1S/C12H18ClN3/c1-2-15-5-7-16(8-6-15)10-3-4-12(14)11(13)9-10/h3-4,9H,2,5-8,14H2,1H3. The first-order chi connectivity index (χ1) is 7.70. The van der Waals surface area contributed by atoms with E-state index in [0.29, 0.717) is 10.7 Å². The number of hydrogen-bond donors (Lipinski definition) is 1. The molecule has 2 N–H and O–H groups in total. The van der Waals surface area contributed by atoms with Crippen LogP contribution >= 0.6 is 11.6 Å². The third kappa shape index (κ3) is 2.42. The lowest BCUT2D eigenvalue weighted by atomic mass is 10.2. The maximum atomic E-state index is 6.03. The van der Waals surface area contributed by atoms with Crippen LogP contribution in [0.4, 0.5) is 11.4 Å². The Morgan fingerprint density at radius 2 is 1.94 bits per heavy atom. The average Bonchev–Trinajstić information content (AvgIpc) is 2.33. The van der Waals surface area contributed by atoms with Crippen LogP contribution in [0, 0.1) is 0 Å². The summed E-state index contributed by atoms with van der Waals surface area (Å²) in [6, 6.07) is 5.88. The lowest BCUT2D eigenvalue weighted by molar-refractivity contribution is 0.271. The molecule has 0 saturated carbocycles. The number of nitrogen functional groups attached to an aromatic ring is 1. The summed E-state index contributed by atoms with van der Waals surface area (Å²) < 4.78 is 0. The average molecular weight is 240 g/mol. The quantitative estimate of drug-likeness (QED) is 0.802. The van der Waals surface area contributed by atoms with Gasteiger partial charge in [-0.3, -0.25) is 0 Å². The molecule has 0 bridgehead atoms. The van der Waals surface area contributed by atoms with Gasteiger partial charge in [-0.05, 0) is 24.7 Å². The van der Waals surface area contributed by atoms with Crippen molar-refractivity contribution in [2.75, 3.05) is 43.4 Å². The molecule has 1 aliphatic rings. The smallest absolute Gasteiger partial charge is 0.0656 e. The van der Waals surface area contributed by atoms with Crippen molar-refractivity contribution in [1.82, 2.24) is 4.90 Å². The Balaban J connectivity index is 2.05. The van der Waals surface area contributed by atoms with Crippen molar-refractivity contribution in [3.05, 3.63) is 23.2 Å². The lowest BCUT2D eigenvalue weighted by Crippen LogP contribution is -2.46. The summed E-state index contributed by atoms with van der Waals surface area (Å²) in [6.07, 6.45) is 0. The zero-order chi connectivity index (χ0) is 11.5. The van der Waals surface area contributed by atoms with E-state index in [1.54, 1.807) is 0 Å². The van der Waals surface area contributed by atoms with Gasteiger partial charge in [0.25, 0.3) is 0 Å². The second kappa shape index (κ2) is 4.93. The Kier molecular flexibility index (Phi) is 3.56. The van der Waals surface area contributed by atoms with Crippen molar-refractivity contribution in [1.29, 1.82) is 0 Å². The molecule has 1 fully saturated rings. The Morgan fingerprint density at radius 1 is 1.25 bits per heavy atom. The highest BCUT2D eigenvalue weighted by atomic mass is 35.5. The van der Waals surface area contributed by atoms with Gasteiger partial charge < -0.3 is 15.5 Å². The monoisotopic (exact) mass is 239 g/mol. The number of piperazine rings is 1. The fraction of sp³-hybridized carbons (Fsp3) is 0.500. The van der Waals surface area contributed by atoms with Crippen molar-refractivity contribution in [3.8, 4) is 0 Å². The summed E-state index contributed by atoms with van der Waals surface area (Å²) in [5, 5.41) is 0.649. The second-order valence-corrected chi connectivity index (χ2v) is 4.53. The number of benzene rings is 1. The molecule has 1 aromatic rings. The molecule has 4 heteroatoms. The highest BCUT2D eigenvalue weighted by Crippen LogP contribution is 2.25. The Morgan fingerprint density at radius 3 is 2.50 bits per heavy atom. The molecule has 88 valence electrons. The second-order valence-electron chi connectivity index (χ2n) is 4.13. The van der Waals surface area contributed by atoms with Crippen LogP contribution in [0.3, 0.4) is 0 Å². The van der Waals surface area contributed by atoms with Gasteiger partial charge in [-0.2, -0.15) is 0 Å². The summed E-state index contributed by atoms with van der Waals surface area (Å²) in [5.74, 6) is 0. The highest BCUT2D eigenvalue weighted by Gasteiger charge is 2.16. The van der Waals surface area contributed by atoms with Crippen LogP contribution in [0.1, 0.15) is 6.92 Å². The molecule has 16 heavy (non-hydrogen) atoms. The van der Waals surface area contributed by atoms with Gasteiger partial charge in [-0.1, -0.05) is 18.5 Å². The molecule has 0 aliphatic carbocycles. The first kappa shape index (κ1) is 11.6. The van der Waals surface area contributed by atoms with Crippen molar-refractivity contribution in [3.63, 3.8) is 0 Å². The van der Waals surface area contributed by atoms with E-state index in [1.165, 1.54) is 5.69 Å². The summed E-state index contributed by atoms with van der Waals surface area (Å²) in [5.41, 5.74) is 7.53. The molecule has 1 saturated heterocycles. The number of rotatable bonds is 2. The van der Waals surface area contributed by atoms with E-state index in [0.717, 1.165) is 32.7 Å². The first-order valence-electron chi connectivity index (χ1n) is 5.73. The van der Waals surface area contributed by atoms with Crippen molar-refractivity contribution in [2.24, 2.45) is 0 Å². The SMILES string of the molecule is CCN1CCN(c2ccc(N)c(Cl)c2)CC1. The molecule has 0 radical (unpaired) electrons. The molecular formula is C12H18ClN3. The van der Waals surface area contributed by atoms with Crippen LogP contribution in [0.15, 0.2) is 18.2 Å². The highest BCUT2D eigenvalue weighted by molar-refractivity contribution is 6.33. The number of nitrogens with zero attached hydrogens (tertiary/aromatic N) is 2. The van der Waals surface area contributed by atoms with Gasteiger partial charge in [0.1, 0.15) is 0 Å². The van der Waals surface area contributed by atoms with E-state index >= 15 is 0 Å². The predicted octanol–water partition coefficient (Wildman–Crippen LogP) is 2.06. The number of anilines is 2. The normalized spacial score (nSPS) is 17.8. The predicted molar refractivity (Wildman–Crippen MR) is 70.2 cm³/mol. The molecule has 1 aliphatic heterocycles. The van der Waals surface area contributed by atoms with Gasteiger partial charge in [-0.15, -0.1) is 0 Å². The van der Waals surface area contributed by atoms with Crippen LogP contribution in [0.25, 0.3) is 0 Å². The summed E-state index contributed by atoms with van der Waals surface area (Å²) in [7, 11) is 0. The minimum absolute atomic E-state index is 0.649.